The standard InChI is InChI=1S/C23H33NO2/c1-16(2)19-6-4-5-17(10-19)9-18-7-8-23(11-18)14-24(15-23)21(25)20-12-22(3,26)13-20/h4-6,10,16,18,20,26H,7-9,11-15H2,1-3H3/t18-,20-,22+/m0/s1. The number of carbonyl (C=O) groups is 1. The quantitative estimate of drug-likeness (QED) is 0.882. The smallest absolute Gasteiger partial charge is 0.225 e. The Labute approximate surface area is 157 Å². The normalized spacial score (nSPS) is 32.6. The predicted octanol–water partition coefficient (Wildman–Crippen LogP) is 4.14. The summed E-state index contributed by atoms with van der Waals surface area (Å²) in [6, 6.07) is 9.09. The van der Waals surface area contributed by atoms with Crippen molar-refractivity contribution in [1.29, 1.82) is 0 Å². The van der Waals surface area contributed by atoms with Crippen molar-refractivity contribution in [2.45, 2.75) is 70.8 Å². The fraction of sp³-hybridized carbons (Fsp3) is 0.696. The average Bonchev–Trinajstić information content (AvgIpc) is 2.95. The number of likely N-dealkylation sites (tertiary alicyclic amines) is 1. The fourth-order valence-electron chi connectivity index (χ4n) is 5.55. The molecule has 0 aromatic heterocycles. The Balaban J connectivity index is 1.28. The number of nitrogens with zero attached hydrogens (tertiary/aromatic N) is 1. The summed E-state index contributed by atoms with van der Waals surface area (Å²) in [5.41, 5.74) is 2.70. The van der Waals surface area contributed by atoms with E-state index in [4.69, 9.17) is 0 Å². The Hall–Kier alpha value is -1.35. The van der Waals surface area contributed by atoms with Gasteiger partial charge in [-0.15, -0.1) is 0 Å². The van der Waals surface area contributed by atoms with Crippen molar-refractivity contribution < 1.29 is 9.90 Å². The zero-order valence-electron chi connectivity index (χ0n) is 16.5. The molecule has 1 N–H and O–H groups in total. The first-order valence-corrected chi connectivity index (χ1v) is 10.4. The summed E-state index contributed by atoms with van der Waals surface area (Å²) < 4.78 is 0. The van der Waals surface area contributed by atoms with Gasteiger partial charge in [-0.1, -0.05) is 38.1 Å². The first-order valence-electron chi connectivity index (χ1n) is 10.4. The van der Waals surface area contributed by atoms with Crippen LogP contribution in [0.1, 0.15) is 69.9 Å². The van der Waals surface area contributed by atoms with Crippen LogP contribution < -0.4 is 0 Å². The van der Waals surface area contributed by atoms with Crippen LogP contribution in [-0.4, -0.2) is 34.6 Å². The number of hydrogen-bond donors (Lipinski definition) is 1. The van der Waals surface area contributed by atoms with E-state index in [1.807, 2.05) is 6.92 Å². The number of aliphatic hydroxyl groups is 1. The van der Waals surface area contributed by atoms with Gasteiger partial charge in [0.25, 0.3) is 0 Å². The largest absolute Gasteiger partial charge is 0.390 e. The second-order valence-corrected chi connectivity index (χ2v) is 10.0. The van der Waals surface area contributed by atoms with Gasteiger partial charge in [0, 0.05) is 24.4 Å². The first kappa shape index (κ1) is 18.0. The molecule has 1 atom stereocenters. The van der Waals surface area contributed by atoms with Crippen molar-refractivity contribution in [2.24, 2.45) is 17.3 Å². The molecule has 3 fully saturated rings. The van der Waals surface area contributed by atoms with Gasteiger partial charge in [0.15, 0.2) is 0 Å². The van der Waals surface area contributed by atoms with E-state index in [9.17, 15) is 9.90 Å². The van der Waals surface area contributed by atoms with E-state index in [1.165, 1.54) is 36.8 Å². The van der Waals surface area contributed by atoms with Crippen molar-refractivity contribution in [3.63, 3.8) is 0 Å². The number of benzene rings is 1. The Kier molecular flexibility index (Phi) is 4.42. The van der Waals surface area contributed by atoms with Crippen molar-refractivity contribution in [1.82, 2.24) is 4.90 Å². The molecule has 2 saturated carbocycles. The molecule has 26 heavy (non-hydrogen) atoms. The topological polar surface area (TPSA) is 40.5 Å². The minimum Gasteiger partial charge on any atom is -0.390 e. The van der Waals surface area contributed by atoms with Crippen LogP contribution >= 0.6 is 0 Å². The Morgan fingerprint density at radius 1 is 1.27 bits per heavy atom. The van der Waals surface area contributed by atoms with Gasteiger partial charge in [0.1, 0.15) is 0 Å². The second kappa shape index (κ2) is 6.37. The number of hydrogen-bond acceptors (Lipinski definition) is 2. The molecular weight excluding hydrogens is 322 g/mol. The molecule has 4 rings (SSSR count). The maximum atomic E-state index is 12.5. The van der Waals surface area contributed by atoms with Crippen molar-refractivity contribution in [2.75, 3.05) is 13.1 Å². The van der Waals surface area contributed by atoms with E-state index in [-0.39, 0.29) is 11.8 Å². The van der Waals surface area contributed by atoms with Gasteiger partial charge in [-0.25, -0.2) is 0 Å². The second-order valence-electron chi connectivity index (χ2n) is 10.0. The van der Waals surface area contributed by atoms with Crippen LogP contribution in [0.2, 0.25) is 0 Å². The molecule has 1 heterocycles. The minimum absolute atomic E-state index is 0.0679. The molecule has 3 nitrogen and oxygen atoms in total. The third-order valence-electron chi connectivity index (χ3n) is 7.03. The number of rotatable bonds is 4. The van der Waals surface area contributed by atoms with Crippen molar-refractivity contribution in [3.05, 3.63) is 35.4 Å². The highest BCUT2D eigenvalue weighted by atomic mass is 16.3. The van der Waals surface area contributed by atoms with Gasteiger partial charge >= 0.3 is 0 Å². The monoisotopic (exact) mass is 355 g/mol. The lowest BCUT2D eigenvalue weighted by molar-refractivity contribution is -0.161. The van der Waals surface area contributed by atoms with Crippen molar-refractivity contribution >= 4 is 5.91 Å². The van der Waals surface area contributed by atoms with Crippen LogP contribution in [-0.2, 0) is 11.2 Å². The molecule has 1 aromatic carbocycles. The lowest BCUT2D eigenvalue weighted by Crippen LogP contribution is -2.61. The predicted molar refractivity (Wildman–Crippen MR) is 104 cm³/mol. The van der Waals surface area contributed by atoms with Crippen LogP contribution in [0.4, 0.5) is 0 Å². The van der Waals surface area contributed by atoms with E-state index < -0.39 is 5.60 Å². The van der Waals surface area contributed by atoms with Crippen LogP contribution in [0.25, 0.3) is 0 Å². The maximum absolute atomic E-state index is 12.5. The minimum atomic E-state index is -0.605. The molecular formula is C23H33NO2. The molecule has 1 aliphatic heterocycles. The Morgan fingerprint density at radius 2 is 2.00 bits per heavy atom. The summed E-state index contributed by atoms with van der Waals surface area (Å²) in [5, 5.41) is 9.87. The molecule has 3 heteroatoms. The molecule has 1 saturated heterocycles. The van der Waals surface area contributed by atoms with Crippen LogP contribution in [0.15, 0.2) is 24.3 Å². The number of carbonyl (C=O) groups excluding carboxylic acids is 1. The lowest BCUT2D eigenvalue weighted by atomic mass is 9.69. The summed E-state index contributed by atoms with van der Waals surface area (Å²) in [6.45, 7) is 8.25. The van der Waals surface area contributed by atoms with Gasteiger partial charge in [0.2, 0.25) is 5.91 Å². The van der Waals surface area contributed by atoms with Crippen LogP contribution in [0, 0.1) is 17.3 Å². The molecule has 0 unspecified atom stereocenters. The summed E-state index contributed by atoms with van der Waals surface area (Å²) in [6.07, 6.45) is 6.31. The van der Waals surface area contributed by atoms with Gasteiger partial charge in [-0.3, -0.25) is 4.79 Å². The van der Waals surface area contributed by atoms with E-state index >= 15 is 0 Å². The lowest BCUT2D eigenvalue weighted by Gasteiger charge is -2.52. The molecule has 3 aliphatic rings. The van der Waals surface area contributed by atoms with E-state index in [0.717, 1.165) is 19.0 Å². The molecule has 1 amide bonds. The zero-order valence-corrected chi connectivity index (χ0v) is 16.5. The summed E-state index contributed by atoms with van der Waals surface area (Å²) in [4.78, 5) is 14.6. The van der Waals surface area contributed by atoms with Gasteiger partial charge in [-0.2, -0.15) is 0 Å². The highest BCUT2D eigenvalue weighted by Gasteiger charge is 2.52. The highest BCUT2D eigenvalue weighted by Crippen LogP contribution is 2.50. The van der Waals surface area contributed by atoms with E-state index in [0.29, 0.717) is 24.2 Å². The molecule has 1 spiro atoms. The molecule has 1 aromatic rings. The number of amides is 1. The molecule has 0 radical (unpaired) electrons. The molecule has 0 bridgehead atoms. The molecule has 2 aliphatic carbocycles. The van der Waals surface area contributed by atoms with Crippen LogP contribution in [0.3, 0.4) is 0 Å². The Bertz CT molecular complexity index is 679. The summed E-state index contributed by atoms with van der Waals surface area (Å²) >= 11 is 0. The first-order chi connectivity index (χ1) is 12.3. The van der Waals surface area contributed by atoms with Gasteiger partial charge in [0.05, 0.1) is 5.60 Å². The molecule has 142 valence electrons. The average molecular weight is 356 g/mol. The van der Waals surface area contributed by atoms with E-state index in [1.54, 1.807) is 0 Å². The van der Waals surface area contributed by atoms with Crippen LogP contribution in [0.5, 0.6) is 0 Å². The summed E-state index contributed by atoms with van der Waals surface area (Å²) in [7, 11) is 0. The zero-order chi connectivity index (χ0) is 18.5. The third-order valence-corrected chi connectivity index (χ3v) is 7.03. The summed E-state index contributed by atoms with van der Waals surface area (Å²) in [5.74, 6) is 1.70. The SMILES string of the molecule is CC(C)c1cccc(C[C@@H]2CCC3(C2)CN(C(=O)[C@H]2C[C@@](C)(O)C2)C3)c1. The van der Waals surface area contributed by atoms with Crippen molar-refractivity contribution in [3.8, 4) is 0 Å². The van der Waals surface area contributed by atoms with Gasteiger partial charge in [-0.05, 0) is 68.4 Å². The Morgan fingerprint density at radius 3 is 2.65 bits per heavy atom. The van der Waals surface area contributed by atoms with Gasteiger partial charge < -0.3 is 10.0 Å². The third kappa shape index (κ3) is 3.43. The highest BCUT2D eigenvalue weighted by molar-refractivity contribution is 5.81. The van der Waals surface area contributed by atoms with E-state index in [2.05, 4.69) is 43.0 Å². The fourth-order valence-corrected chi connectivity index (χ4v) is 5.55. The maximum Gasteiger partial charge on any atom is 0.225 e.